The summed E-state index contributed by atoms with van der Waals surface area (Å²) >= 11 is 19.0. The van der Waals surface area contributed by atoms with E-state index in [9.17, 15) is 0 Å². The molecule has 0 N–H and O–H groups in total. The number of alkyl halides is 1. The molecule has 1 atom stereocenters. The van der Waals surface area contributed by atoms with Crippen molar-refractivity contribution in [1.82, 2.24) is 15.0 Å². The first-order valence-electron chi connectivity index (χ1n) is 5.24. The number of aromatic nitrogens is 3. The molecule has 0 saturated carbocycles. The van der Waals surface area contributed by atoms with E-state index in [1.807, 2.05) is 13.1 Å². The fourth-order valence-corrected chi connectivity index (χ4v) is 3.62. The monoisotopic (exact) mass is 411 g/mol. The van der Waals surface area contributed by atoms with Crippen molar-refractivity contribution < 1.29 is 0 Å². The lowest BCUT2D eigenvalue weighted by Gasteiger charge is -2.07. The summed E-state index contributed by atoms with van der Waals surface area (Å²) in [7, 11) is 0. The quantitative estimate of drug-likeness (QED) is 0.652. The number of hydrogen-bond donors (Lipinski definition) is 0. The van der Waals surface area contributed by atoms with Crippen LogP contribution in [-0.4, -0.2) is 15.0 Å². The minimum Gasteiger partial charge on any atom is -0.218 e. The lowest BCUT2D eigenvalue weighted by molar-refractivity contribution is 0.782. The molecule has 2 aromatic rings. The Kier molecular flexibility index (Phi) is 4.69. The second kappa shape index (κ2) is 5.90. The van der Waals surface area contributed by atoms with Crippen molar-refractivity contribution in [2.75, 3.05) is 0 Å². The summed E-state index contributed by atoms with van der Waals surface area (Å²) < 4.78 is 3.34. The first-order chi connectivity index (χ1) is 8.52. The molecular weight excluding hydrogens is 405 g/mol. The van der Waals surface area contributed by atoms with E-state index < -0.39 is 0 Å². The topological polar surface area (TPSA) is 30.7 Å². The van der Waals surface area contributed by atoms with Crippen molar-refractivity contribution in [3.63, 3.8) is 0 Å². The molecule has 0 aliphatic heterocycles. The minimum absolute atomic E-state index is 0.122. The maximum absolute atomic E-state index is 6.14. The Bertz CT molecular complexity index is 548. The Hall–Kier alpha value is -0.100. The summed E-state index contributed by atoms with van der Waals surface area (Å²) in [5.41, 5.74) is 1.60. The molecule has 1 aromatic heterocycles. The Morgan fingerprint density at radius 2 is 1.94 bits per heavy atom. The van der Waals surface area contributed by atoms with Gasteiger partial charge >= 0.3 is 0 Å². The van der Waals surface area contributed by atoms with E-state index in [0.29, 0.717) is 5.02 Å². The molecule has 0 fully saturated rings. The van der Waals surface area contributed by atoms with Gasteiger partial charge in [0.25, 0.3) is 0 Å². The SMILES string of the molecule is CCC(Cl)c1cn(-c2c(Br)cc(Cl)cc2Br)nn1. The Balaban J connectivity index is 2.46. The number of halogens is 4. The fraction of sp³-hybridized carbons (Fsp3) is 0.273. The van der Waals surface area contributed by atoms with Crippen LogP contribution in [0.2, 0.25) is 5.02 Å². The molecule has 0 bridgehead atoms. The Morgan fingerprint density at radius 3 is 2.50 bits per heavy atom. The third-order valence-corrected chi connectivity index (χ3v) is 4.36. The van der Waals surface area contributed by atoms with Crippen LogP contribution in [0, 0.1) is 0 Å². The minimum atomic E-state index is -0.122. The first kappa shape index (κ1) is 14.3. The number of nitrogens with zero attached hydrogens (tertiary/aromatic N) is 3. The highest BCUT2D eigenvalue weighted by molar-refractivity contribution is 9.11. The molecule has 0 aliphatic rings. The van der Waals surface area contributed by atoms with Gasteiger partial charge in [-0.2, -0.15) is 0 Å². The summed E-state index contributed by atoms with van der Waals surface area (Å²) in [6.07, 6.45) is 2.63. The van der Waals surface area contributed by atoms with Crippen molar-refractivity contribution in [2.45, 2.75) is 18.7 Å². The third-order valence-electron chi connectivity index (χ3n) is 2.40. The van der Waals surface area contributed by atoms with Crippen molar-refractivity contribution in [1.29, 1.82) is 0 Å². The van der Waals surface area contributed by atoms with Crippen LogP contribution >= 0.6 is 55.1 Å². The maximum atomic E-state index is 6.14. The lowest BCUT2D eigenvalue weighted by atomic mass is 10.2. The zero-order chi connectivity index (χ0) is 13.3. The van der Waals surface area contributed by atoms with Crippen LogP contribution in [0.5, 0.6) is 0 Å². The number of benzene rings is 1. The first-order valence-corrected chi connectivity index (χ1v) is 7.64. The molecule has 7 heteroatoms. The molecule has 0 amide bonds. The van der Waals surface area contributed by atoms with Crippen molar-refractivity contribution >= 4 is 55.1 Å². The highest BCUT2D eigenvalue weighted by Gasteiger charge is 2.14. The van der Waals surface area contributed by atoms with E-state index in [4.69, 9.17) is 23.2 Å². The van der Waals surface area contributed by atoms with Gasteiger partial charge in [0.1, 0.15) is 5.69 Å². The van der Waals surface area contributed by atoms with Crippen LogP contribution in [0.3, 0.4) is 0 Å². The molecule has 18 heavy (non-hydrogen) atoms. The largest absolute Gasteiger partial charge is 0.218 e. The molecule has 1 unspecified atom stereocenters. The van der Waals surface area contributed by atoms with Crippen LogP contribution < -0.4 is 0 Å². The standard InChI is InChI=1S/C11H9Br2Cl2N3/c1-2-9(15)10-5-18(17-16-10)11-7(12)3-6(14)4-8(11)13/h3-5,9H,2H2,1H3. The van der Waals surface area contributed by atoms with E-state index in [1.54, 1.807) is 16.8 Å². The summed E-state index contributed by atoms with van der Waals surface area (Å²) in [5, 5.41) is 8.68. The van der Waals surface area contributed by atoms with Crippen molar-refractivity contribution in [2.24, 2.45) is 0 Å². The molecule has 0 aliphatic carbocycles. The molecule has 0 radical (unpaired) electrons. The Labute approximate surface area is 132 Å². The molecule has 0 saturated heterocycles. The van der Waals surface area contributed by atoms with E-state index in [1.165, 1.54) is 0 Å². The molecule has 96 valence electrons. The third kappa shape index (κ3) is 2.90. The Morgan fingerprint density at radius 1 is 1.33 bits per heavy atom. The lowest BCUT2D eigenvalue weighted by Crippen LogP contribution is -1.97. The molecule has 3 nitrogen and oxygen atoms in total. The molecule has 1 heterocycles. The molecule has 2 rings (SSSR count). The van der Waals surface area contributed by atoms with Gasteiger partial charge in [-0.15, -0.1) is 16.7 Å². The van der Waals surface area contributed by atoms with Crippen LogP contribution in [0.1, 0.15) is 24.4 Å². The van der Waals surface area contributed by atoms with Gasteiger partial charge < -0.3 is 0 Å². The predicted octanol–water partition coefficient (Wildman–Crippen LogP) is 5.14. The normalized spacial score (nSPS) is 12.7. The summed E-state index contributed by atoms with van der Waals surface area (Å²) in [4.78, 5) is 0. The van der Waals surface area contributed by atoms with Gasteiger partial charge in [-0.25, -0.2) is 4.68 Å². The van der Waals surface area contributed by atoms with Gasteiger partial charge in [-0.05, 0) is 50.4 Å². The zero-order valence-electron chi connectivity index (χ0n) is 9.37. The highest BCUT2D eigenvalue weighted by atomic mass is 79.9. The van der Waals surface area contributed by atoms with Gasteiger partial charge in [0.05, 0.1) is 17.3 Å². The summed E-state index contributed by atoms with van der Waals surface area (Å²) in [5.74, 6) is 0. The average Bonchev–Trinajstić information content (AvgIpc) is 2.76. The van der Waals surface area contributed by atoms with Crippen LogP contribution in [0.15, 0.2) is 27.3 Å². The smallest absolute Gasteiger partial charge is 0.101 e. The molecular formula is C11H9Br2Cl2N3. The number of rotatable bonds is 3. The van der Waals surface area contributed by atoms with E-state index in [-0.39, 0.29) is 5.38 Å². The van der Waals surface area contributed by atoms with Gasteiger partial charge in [0.15, 0.2) is 0 Å². The van der Waals surface area contributed by atoms with E-state index in [2.05, 4.69) is 42.2 Å². The molecule has 1 aromatic carbocycles. The van der Waals surface area contributed by atoms with E-state index in [0.717, 1.165) is 26.7 Å². The van der Waals surface area contributed by atoms with E-state index >= 15 is 0 Å². The predicted molar refractivity (Wildman–Crippen MR) is 80.7 cm³/mol. The van der Waals surface area contributed by atoms with Gasteiger partial charge in [0.2, 0.25) is 0 Å². The van der Waals surface area contributed by atoms with Crippen LogP contribution in [0.4, 0.5) is 0 Å². The summed E-state index contributed by atoms with van der Waals surface area (Å²) in [6.45, 7) is 2.00. The van der Waals surface area contributed by atoms with Crippen molar-refractivity contribution in [3.8, 4) is 5.69 Å². The van der Waals surface area contributed by atoms with Gasteiger partial charge in [-0.3, -0.25) is 0 Å². The zero-order valence-corrected chi connectivity index (χ0v) is 14.1. The van der Waals surface area contributed by atoms with Gasteiger partial charge in [0, 0.05) is 14.0 Å². The summed E-state index contributed by atoms with van der Waals surface area (Å²) in [6, 6.07) is 3.61. The maximum Gasteiger partial charge on any atom is 0.101 e. The van der Waals surface area contributed by atoms with Crippen molar-refractivity contribution in [3.05, 3.63) is 38.0 Å². The highest BCUT2D eigenvalue weighted by Crippen LogP contribution is 2.33. The van der Waals surface area contributed by atoms with Gasteiger partial charge in [-0.1, -0.05) is 23.7 Å². The second-order valence-electron chi connectivity index (χ2n) is 3.68. The second-order valence-corrected chi connectivity index (χ2v) is 6.35. The fourth-order valence-electron chi connectivity index (χ4n) is 1.49. The van der Waals surface area contributed by atoms with Crippen LogP contribution in [0.25, 0.3) is 5.69 Å². The average molecular weight is 414 g/mol. The molecule has 0 spiro atoms. The van der Waals surface area contributed by atoms with Crippen LogP contribution in [-0.2, 0) is 0 Å². The number of hydrogen-bond acceptors (Lipinski definition) is 2.